The summed E-state index contributed by atoms with van der Waals surface area (Å²) in [5.41, 5.74) is 1.34. The van der Waals surface area contributed by atoms with Gasteiger partial charge in [0.25, 0.3) is 0 Å². The van der Waals surface area contributed by atoms with E-state index in [-0.39, 0.29) is 39.5 Å². The molecule has 1 atom stereocenters. The topological polar surface area (TPSA) is 93.5 Å². The number of amides is 1. The minimum absolute atomic E-state index is 0.00379. The van der Waals surface area contributed by atoms with Crippen molar-refractivity contribution in [2.75, 3.05) is 24.5 Å². The SMILES string of the molecule is [2H]C([2H])=Cc1cccc(F)c1-c1nc2c(cc1Cl)c(N1CCN(C(=O)OC(C)(C)C)C[C@@H]1C)nc(=O)n2-c1c(CC)ccnc1C(C)C. The number of aromatic nitrogens is 4. The molecule has 1 saturated heterocycles. The number of carbonyl (C=O) groups excluding carboxylic acids is 1. The molecule has 1 fully saturated rings. The van der Waals surface area contributed by atoms with Crippen molar-refractivity contribution in [1.82, 2.24) is 24.4 Å². The van der Waals surface area contributed by atoms with Crippen LogP contribution in [0.2, 0.25) is 5.02 Å². The zero-order valence-corrected chi connectivity index (χ0v) is 27.9. The molecule has 5 rings (SSSR count). The smallest absolute Gasteiger partial charge is 0.410 e. The van der Waals surface area contributed by atoms with Crippen molar-refractivity contribution in [2.45, 2.75) is 72.4 Å². The third-order valence-corrected chi connectivity index (χ3v) is 8.27. The lowest BCUT2D eigenvalue weighted by Crippen LogP contribution is -2.55. The number of piperazine rings is 1. The molecule has 0 N–H and O–H groups in total. The molecular formula is C35H40ClFN6O3. The second kappa shape index (κ2) is 12.8. The molecule has 9 nitrogen and oxygen atoms in total. The first-order chi connectivity index (χ1) is 22.6. The number of fused-ring (bicyclic) bond motifs is 1. The van der Waals surface area contributed by atoms with Crippen LogP contribution in [-0.4, -0.2) is 61.8 Å². The average Bonchev–Trinajstić information content (AvgIpc) is 2.99. The van der Waals surface area contributed by atoms with Crippen molar-refractivity contribution >= 4 is 40.6 Å². The molecule has 0 spiro atoms. The Morgan fingerprint density at radius 1 is 1.26 bits per heavy atom. The van der Waals surface area contributed by atoms with Gasteiger partial charge in [-0.2, -0.15) is 4.98 Å². The number of halogens is 2. The van der Waals surface area contributed by atoms with E-state index in [4.69, 9.17) is 24.1 Å². The van der Waals surface area contributed by atoms with Crippen molar-refractivity contribution < 1.29 is 16.7 Å². The summed E-state index contributed by atoms with van der Waals surface area (Å²) in [7, 11) is 0. The second-order valence-corrected chi connectivity index (χ2v) is 13.2. The van der Waals surface area contributed by atoms with Gasteiger partial charge >= 0.3 is 11.8 Å². The van der Waals surface area contributed by atoms with Gasteiger partial charge < -0.3 is 14.5 Å². The van der Waals surface area contributed by atoms with Gasteiger partial charge in [0.05, 0.1) is 30.2 Å². The normalized spacial score (nSPS) is 16.0. The molecule has 1 aliphatic rings. The Bertz CT molecular complexity index is 1970. The summed E-state index contributed by atoms with van der Waals surface area (Å²) in [5.74, 6) is -0.367. The summed E-state index contributed by atoms with van der Waals surface area (Å²) in [6.07, 6.45) is 3.10. The number of anilines is 1. The van der Waals surface area contributed by atoms with Crippen LogP contribution in [-0.2, 0) is 11.2 Å². The van der Waals surface area contributed by atoms with E-state index < -0.39 is 29.7 Å². The Kier molecular flexibility index (Phi) is 8.46. The number of carbonyl (C=O) groups is 1. The zero-order chi connectivity index (χ0) is 35.1. The van der Waals surface area contributed by atoms with Crippen LogP contribution in [0.25, 0.3) is 34.1 Å². The van der Waals surface area contributed by atoms with Crippen molar-refractivity contribution in [3.05, 3.63) is 81.2 Å². The van der Waals surface area contributed by atoms with E-state index in [0.29, 0.717) is 48.6 Å². The molecule has 1 amide bonds. The number of hydrogen-bond donors (Lipinski definition) is 0. The van der Waals surface area contributed by atoms with Crippen LogP contribution < -0.4 is 10.6 Å². The van der Waals surface area contributed by atoms with Gasteiger partial charge in [-0.25, -0.2) is 23.5 Å². The van der Waals surface area contributed by atoms with Gasteiger partial charge in [-0.3, -0.25) is 4.98 Å². The highest BCUT2D eigenvalue weighted by Gasteiger charge is 2.33. The van der Waals surface area contributed by atoms with E-state index in [2.05, 4.69) is 9.97 Å². The first-order valence-corrected chi connectivity index (χ1v) is 15.8. The van der Waals surface area contributed by atoms with Gasteiger partial charge in [0, 0.05) is 37.4 Å². The van der Waals surface area contributed by atoms with Gasteiger partial charge in [0.2, 0.25) is 0 Å². The van der Waals surface area contributed by atoms with Crippen LogP contribution in [0.15, 0.2) is 47.9 Å². The lowest BCUT2D eigenvalue weighted by molar-refractivity contribution is 0.0218. The summed E-state index contributed by atoms with van der Waals surface area (Å²) in [6, 6.07) is 7.54. The summed E-state index contributed by atoms with van der Waals surface area (Å²) < 4.78 is 38.0. The van der Waals surface area contributed by atoms with Crippen molar-refractivity contribution in [2.24, 2.45) is 0 Å². The molecule has 242 valence electrons. The Morgan fingerprint density at radius 3 is 2.67 bits per heavy atom. The highest BCUT2D eigenvalue weighted by atomic mass is 35.5. The number of rotatable bonds is 6. The largest absolute Gasteiger partial charge is 0.444 e. The predicted molar refractivity (Wildman–Crippen MR) is 182 cm³/mol. The number of nitrogens with zero attached hydrogens (tertiary/aromatic N) is 6. The van der Waals surface area contributed by atoms with E-state index in [1.54, 1.807) is 23.2 Å². The highest BCUT2D eigenvalue weighted by molar-refractivity contribution is 6.34. The summed E-state index contributed by atoms with van der Waals surface area (Å²) in [4.78, 5) is 44.9. The molecule has 4 heterocycles. The van der Waals surface area contributed by atoms with Crippen molar-refractivity contribution in [3.63, 3.8) is 0 Å². The summed E-state index contributed by atoms with van der Waals surface area (Å²) in [5, 5.41) is 0.551. The van der Waals surface area contributed by atoms with Crippen LogP contribution in [0, 0.1) is 5.82 Å². The van der Waals surface area contributed by atoms with Crippen LogP contribution in [0.1, 0.15) is 73.9 Å². The molecule has 11 heteroatoms. The third-order valence-electron chi connectivity index (χ3n) is 7.98. The molecule has 0 radical (unpaired) electrons. The first-order valence-electron chi connectivity index (χ1n) is 16.4. The number of hydrogen-bond acceptors (Lipinski definition) is 7. The third kappa shape index (κ3) is 6.23. The highest BCUT2D eigenvalue weighted by Crippen LogP contribution is 2.38. The van der Waals surface area contributed by atoms with Crippen LogP contribution >= 0.6 is 11.6 Å². The zero-order valence-electron chi connectivity index (χ0n) is 29.2. The van der Waals surface area contributed by atoms with Gasteiger partial charge in [0.15, 0.2) is 5.65 Å². The summed E-state index contributed by atoms with van der Waals surface area (Å²) >= 11 is 6.91. The molecule has 1 aromatic carbocycles. The molecule has 4 aromatic rings. The quantitative estimate of drug-likeness (QED) is 0.215. The van der Waals surface area contributed by atoms with E-state index in [9.17, 15) is 9.59 Å². The maximum Gasteiger partial charge on any atom is 0.410 e. The Labute approximate surface area is 276 Å². The minimum Gasteiger partial charge on any atom is -0.444 e. The molecule has 1 aliphatic heterocycles. The fourth-order valence-electron chi connectivity index (χ4n) is 5.85. The van der Waals surface area contributed by atoms with Crippen LogP contribution in [0.4, 0.5) is 15.0 Å². The van der Waals surface area contributed by atoms with Crippen LogP contribution in [0.3, 0.4) is 0 Å². The monoisotopic (exact) mass is 648 g/mol. The van der Waals surface area contributed by atoms with Gasteiger partial charge in [0.1, 0.15) is 17.2 Å². The number of aryl methyl sites for hydroxylation is 1. The molecular weight excluding hydrogens is 607 g/mol. The fourth-order valence-corrected chi connectivity index (χ4v) is 6.10. The Balaban J connectivity index is 1.79. The maximum absolute atomic E-state index is 15.6. The van der Waals surface area contributed by atoms with Crippen molar-refractivity contribution in [1.29, 1.82) is 0 Å². The Hall–Kier alpha value is -4.31. The van der Waals surface area contributed by atoms with Gasteiger partial charge in [-0.1, -0.05) is 57.1 Å². The molecule has 0 unspecified atom stereocenters. The number of ether oxygens (including phenoxy) is 1. The maximum atomic E-state index is 15.6. The van der Waals surface area contributed by atoms with Crippen LogP contribution in [0.5, 0.6) is 0 Å². The Morgan fingerprint density at radius 2 is 2.02 bits per heavy atom. The predicted octanol–water partition coefficient (Wildman–Crippen LogP) is 7.41. The van der Waals surface area contributed by atoms with Gasteiger partial charge in [-0.05, 0) is 69.4 Å². The lowest BCUT2D eigenvalue weighted by Gasteiger charge is -2.41. The lowest BCUT2D eigenvalue weighted by atomic mass is 10.0. The molecule has 0 bridgehead atoms. The average molecular weight is 649 g/mol. The van der Waals surface area contributed by atoms with E-state index in [0.717, 1.165) is 5.56 Å². The molecule has 0 saturated carbocycles. The van der Waals surface area contributed by atoms with E-state index >= 15 is 4.39 Å². The van der Waals surface area contributed by atoms with Crippen molar-refractivity contribution in [3.8, 4) is 16.9 Å². The minimum atomic E-state index is -0.646. The molecule has 0 aliphatic carbocycles. The standard InChI is InChI=1S/C35H40ClFN6O3/c1-9-22-12-11-13-26(37)27(22)29-25(36)18-24-31(42-17-16-41(19-21(42)5)34(45)46-35(6,7)8)40-33(44)43(32(24)39-29)30-23(10-2)14-15-38-28(30)20(3)4/h9,11-15,18,20-21H,1,10,16-17,19H2,2-8H3/t21-/m0/s1/i1D2. The second-order valence-electron chi connectivity index (χ2n) is 12.8. The molecule has 3 aromatic heterocycles. The van der Waals surface area contributed by atoms with Gasteiger partial charge in [-0.15, -0.1) is 0 Å². The first kappa shape index (κ1) is 30.3. The summed E-state index contributed by atoms with van der Waals surface area (Å²) in [6.45, 7) is 13.8. The van der Waals surface area contributed by atoms with E-state index in [1.165, 1.54) is 22.8 Å². The number of pyridine rings is 2. The van der Waals surface area contributed by atoms with E-state index in [1.807, 2.05) is 59.4 Å². The number of benzene rings is 1. The molecule has 46 heavy (non-hydrogen) atoms. The fraction of sp³-hybridized carbons (Fsp3) is 0.400.